The molecule has 1 N–H and O–H groups in total. The Morgan fingerprint density at radius 2 is 1.76 bits per heavy atom. The van der Waals surface area contributed by atoms with Gasteiger partial charge in [-0.05, 0) is 37.3 Å². The SMILES string of the molecule is COc1ccc(NC(=O)[C@@H](C)OC(=O)c2cc(F)cc(F)c2)cc1Cl. The lowest BCUT2D eigenvalue weighted by Gasteiger charge is -2.14. The summed E-state index contributed by atoms with van der Waals surface area (Å²) in [6.07, 6.45) is -1.19. The molecule has 0 aliphatic carbocycles. The second-order valence-corrected chi connectivity index (χ2v) is 5.45. The van der Waals surface area contributed by atoms with Crippen molar-refractivity contribution in [2.45, 2.75) is 13.0 Å². The van der Waals surface area contributed by atoms with E-state index in [1.54, 1.807) is 12.1 Å². The number of methoxy groups -OCH3 is 1. The monoisotopic (exact) mass is 369 g/mol. The minimum Gasteiger partial charge on any atom is -0.495 e. The van der Waals surface area contributed by atoms with Crippen molar-refractivity contribution >= 4 is 29.2 Å². The van der Waals surface area contributed by atoms with Gasteiger partial charge in [-0.25, -0.2) is 13.6 Å². The second-order valence-electron chi connectivity index (χ2n) is 5.04. The van der Waals surface area contributed by atoms with Crippen molar-refractivity contribution in [3.05, 3.63) is 58.6 Å². The molecule has 0 heterocycles. The highest BCUT2D eigenvalue weighted by Crippen LogP contribution is 2.27. The summed E-state index contributed by atoms with van der Waals surface area (Å²) in [7, 11) is 1.45. The van der Waals surface area contributed by atoms with E-state index in [-0.39, 0.29) is 5.56 Å². The number of hydrogen-bond acceptors (Lipinski definition) is 4. The van der Waals surface area contributed by atoms with Gasteiger partial charge >= 0.3 is 5.97 Å². The maximum absolute atomic E-state index is 13.1. The van der Waals surface area contributed by atoms with Crippen molar-refractivity contribution in [3.63, 3.8) is 0 Å². The van der Waals surface area contributed by atoms with Crippen LogP contribution in [0.25, 0.3) is 0 Å². The highest BCUT2D eigenvalue weighted by atomic mass is 35.5. The lowest BCUT2D eigenvalue weighted by molar-refractivity contribution is -0.123. The number of rotatable bonds is 5. The van der Waals surface area contributed by atoms with Crippen LogP contribution in [0.4, 0.5) is 14.5 Å². The summed E-state index contributed by atoms with van der Waals surface area (Å²) in [5.41, 5.74) is 0.0418. The largest absolute Gasteiger partial charge is 0.495 e. The molecule has 0 spiro atoms. The van der Waals surface area contributed by atoms with Crippen LogP contribution < -0.4 is 10.1 Å². The molecule has 0 aromatic heterocycles. The minimum atomic E-state index is -1.19. The summed E-state index contributed by atoms with van der Waals surface area (Å²) in [5, 5.41) is 2.80. The fourth-order valence-corrected chi connectivity index (χ4v) is 2.20. The first-order chi connectivity index (χ1) is 11.8. The van der Waals surface area contributed by atoms with Crippen molar-refractivity contribution in [2.75, 3.05) is 12.4 Å². The molecule has 132 valence electrons. The summed E-state index contributed by atoms with van der Waals surface area (Å²) in [6.45, 7) is 1.33. The zero-order valence-electron chi connectivity index (χ0n) is 13.3. The third-order valence-electron chi connectivity index (χ3n) is 3.17. The molecule has 0 aliphatic heterocycles. The van der Waals surface area contributed by atoms with E-state index >= 15 is 0 Å². The van der Waals surface area contributed by atoms with Crippen LogP contribution in [0.15, 0.2) is 36.4 Å². The smallest absolute Gasteiger partial charge is 0.339 e. The van der Waals surface area contributed by atoms with Crippen molar-refractivity contribution in [1.82, 2.24) is 0 Å². The summed E-state index contributed by atoms with van der Waals surface area (Å²) in [5.74, 6) is -3.05. The average Bonchev–Trinajstić information content (AvgIpc) is 2.54. The van der Waals surface area contributed by atoms with Gasteiger partial charge < -0.3 is 14.8 Å². The third-order valence-corrected chi connectivity index (χ3v) is 3.47. The number of halogens is 3. The van der Waals surface area contributed by atoms with Crippen LogP contribution in [0.1, 0.15) is 17.3 Å². The van der Waals surface area contributed by atoms with Gasteiger partial charge in [0, 0.05) is 11.8 Å². The number of hydrogen-bond donors (Lipinski definition) is 1. The number of ether oxygens (including phenoxy) is 2. The molecule has 1 amide bonds. The van der Waals surface area contributed by atoms with Crippen LogP contribution in [-0.2, 0) is 9.53 Å². The fourth-order valence-electron chi connectivity index (χ4n) is 1.94. The van der Waals surface area contributed by atoms with Crippen molar-refractivity contribution in [3.8, 4) is 5.75 Å². The van der Waals surface area contributed by atoms with Gasteiger partial charge in [0.15, 0.2) is 6.10 Å². The van der Waals surface area contributed by atoms with Gasteiger partial charge in [0.2, 0.25) is 0 Å². The second kappa shape index (κ2) is 7.94. The first kappa shape index (κ1) is 18.7. The number of benzene rings is 2. The lowest BCUT2D eigenvalue weighted by Crippen LogP contribution is -2.30. The van der Waals surface area contributed by atoms with Gasteiger partial charge in [-0.15, -0.1) is 0 Å². The Labute approximate surface area is 147 Å². The molecule has 5 nitrogen and oxygen atoms in total. The average molecular weight is 370 g/mol. The highest BCUT2D eigenvalue weighted by Gasteiger charge is 2.20. The zero-order valence-corrected chi connectivity index (χ0v) is 14.1. The summed E-state index contributed by atoms with van der Waals surface area (Å²) < 4.78 is 36.2. The number of carbonyl (C=O) groups excluding carboxylic acids is 2. The van der Waals surface area contributed by atoms with E-state index in [2.05, 4.69) is 5.32 Å². The Bertz CT molecular complexity index is 793. The standard InChI is InChI=1S/C17H14ClF2NO4/c1-9(25-17(23)10-5-11(19)7-12(20)6-10)16(22)21-13-3-4-15(24-2)14(18)8-13/h3-9H,1-2H3,(H,21,22)/t9-/m1/s1. The molecule has 8 heteroatoms. The predicted octanol–water partition coefficient (Wildman–Crippen LogP) is 3.81. The van der Waals surface area contributed by atoms with E-state index < -0.39 is 29.6 Å². The van der Waals surface area contributed by atoms with Crippen LogP contribution in [0, 0.1) is 11.6 Å². The van der Waals surface area contributed by atoms with Crippen LogP contribution in [0.5, 0.6) is 5.75 Å². The van der Waals surface area contributed by atoms with Crippen molar-refractivity contribution < 1.29 is 27.8 Å². The van der Waals surface area contributed by atoms with Crippen LogP contribution in [-0.4, -0.2) is 25.1 Å². The molecule has 0 radical (unpaired) electrons. The number of nitrogens with one attached hydrogen (secondary N) is 1. The number of anilines is 1. The van der Waals surface area contributed by atoms with E-state index in [4.69, 9.17) is 21.1 Å². The van der Waals surface area contributed by atoms with E-state index in [9.17, 15) is 18.4 Å². The quantitative estimate of drug-likeness (QED) is 0.814. The van der Waals surface area contributed by atoms with E-state index in [0.717, 1.165) is 12.1 Å². The molecular formula is C17H14ClF2NO4. The van der Waals surface area contributed by atoms with Crippen LogP contribution in [0.3, 0.4) is 0 Å². The summed E-state index contributed by atoms with van der Waals surface area (Å²) in [6, 6.07) is 6.84. The molecule has 2 rings (SSSR count). The zero-order chi connectivity index (χ0) is 18.6. The molecule has 2 aromatic carbocycles. The van der Waals surface area contributed by atoms with Gasteiger partial charge in [0.25, 0.3) is 5.91 Å². The van der Waals surface area contributed by atoms with Crippen LogP contribution in [0.2, 0.25) is 5.02 Å². The summed E-state index contributed by atoms with van der Waals surface area (Å²) >= 11 is 5.95. The molecule has 25 heavy (non-hydrogen) atoms. The molecule has 0 unspecified atom stereocenters. The topological polar surface area (TPSA) is 64.6 Å². The molecule has 1 atom stereocenters. The fraction of sp³-hybridized carbons (Fsp3) is 0.176. The maximum atomic E-state index is 13.1. The molecule has 0 saturated carbocycles. The van der Waals surface area contributed by atoms with Gasteiger partial charge in [-0.2, -0.15) is 0 Å². The van der Waals surface area contributed by atoms with E-state index in [1.807, 2.05) is 0 Å². The highest BCUT2D eigenvalue weighted by molar-refractivity contribution is 6.32. The first-order valence-electron chi connectivity index (χ1n) is 7.11. The van der Waals surface area contributed by atoms with Gasteiger partial charge in [0.1, 0.15) is 17.4 Å². The van der Waals surface area contributed by atoms with Gasteiger partial charge in [0.05, 0.1) is 17.7 Å². The minimum absolute atomic E-state index is 0.292. The summed E-state index contributed by atoms with van der Waals surface area (Å²) in [4.78, 5) is 23.9. The molecule has 0 bridgehead atoms. The van der Waals surface area contributed by atoms with E-state index in [1.165, 1.54) is 20.1 Å². The lowest BCUT2D eigenvalue weighted by atomic mass is 10.2. The molecule has 0 fully saturated rings. The van der Waals surface area contributed by atoms with Crippen molar-refractivity contribution in [2.24, 2.45) is 0 Å². The Kier molecular flexibility index (Phi) is 5.93. The Hall–Kier alpha value is -2.67. The van der Waals surface area contributed by atoms with Crippen LogP contribution >= 0.6 is 11.6 Å². The normalized spacial score (nSPS) is 11.6. The Balaban J connectivity index is 2.02. The molecular weight excluding hydrogens is 356 g/mol. The first-order valence-corrected chi connectivity index (χ1v) is 7.49. The van der Waals surface area contributed by atoms with E-state index in [0.29, 0.717) is 22.5 Å². The molecule has 0 aliphatic rings. The van der Waals surface area contributed by atoms with Gasteiger partial charge in [-0.1, -0.05) is 11.6 Å². The predicted molar refractivity (Wildman–Crippen MR) is 87.9 cm³/mol. The molecule has 2 aromatic rings. The number of esters is 1. The maximum Gasteiger partial charge on any atom is 0.339 e. The Morgan fingerprint density at radius 3 is 2.32 bits per heavy atom. The Morgan fingerprint density at radius 1 is 1.12 bits per heavy atom. The number of carbonyl (C=O) groups is 2. The number of amides is 1. The van der Waals surface area contributed by atoms with Crippen molar-refractivity contribution in [1.29, 1.82) is 0 Å². The third kappa shape index (κ3) is 4.90. The van der Waals surface area contributed by atoms with Gasteiger partial charge in [-0.3, -0.25) is 4.79 Å². The molecule has 0 saturated heterocycles.